The molecule has 1 atom stereocenters. The van der Waals surface area contributed by atoms with Gasteiger partial charge in [-0.05, 0) is 71.3 Å². The van der Waals surface area contributed by atoms with Crippen molar-refractivity contribution < 1.29 is 9.84 Å². The van der Waals surface area contributed by atoms with Crippen molar-refractivity contribution in [2.75, 3.05) is 13.1 Å². The molecule has 0 aliphatic carbocycles. The number of aliphatic hydroxyl groups is 1. The van der Waals surface area contributed by atoms with E-state index >= 15 is 0 Å². The van der Waals surface area contributed by atoms with Crippen molar-refractivity contribution in [1.82, 2.24) is 4.90 Å². The van der Waals surface area contributed by atoms with E-state index in [1.54, 1.807) is 0 Å². The number of hydrogen-bond donors (Lipinski definition) is 1. The van der Waals surface area contributed by atoms with Crippen LogP contribution in [0.2, 0.25) is 0 Å². The van der Waals surface area contributed by atoms with E-state index < -0.39 is 6.10 Å². The van der Waals surface area contributed by atoms with Crippen LogP contribution in [0.25, 0.3) is 0 Å². The first-order valence-corrected chi connectivity index (χ1v) is 7.61. The van der Waals surface area contributed by atoms with Crippen LogP contribution >= 0.6 is 0 Å². The zero-order valence-electron chi connectivity index (χ0n) is 13.1. The molecule has 1 aliphatic heterocycles. The highest BCUT2D eigenvalue weighted by atomic mass is 16.5. The molecule has 1 N–H and O–H groups in total. The standard InChI is InChI=1S/C17H27NO2/c1-13(2)20-15-9-7-8-14(12-15)16(19)17(3,4)18-10-5-6-11-18/h7-9,12-13,16,19H,5-6,10-11H2,1-4H3. The van der Waals surface area contributed by atoms with Crippen LogP contribution < -0.4 is 4.74 Å². The predicted molar refractivity (Wildman–Crippen MR) is 82.1 cm³/mol. The van der Waals surface area contributed by atoms with E-state index in [2.05, 4.69) is 18.7 Å². The van der Waals surface area contributed by atoms with Crippen LogP contribution in [0.3, 0.4) is 0 Å². The fourth-order valence-corrected chi connectivity index (χ4v) is 2.90. The minimum absolute atomic E-state index is 0.147. The molecule has 1 aromatic rings. The van der Waals surface area contributed by atoms with Crippen molar-refractivity contribution in [3.05, 3.63) is 29.8 Å². The largest absolute Gasteiger partial charge is 0.491 e. The predicted octanol–water partition coefficient (Wildman–Crippen LogP) is 3.38. The Kier molecular flexibility index (Phi) is 4.71. The second-order valence-corrected chi connectivity index (χ2v) is 6.49. The zero-order chi connectivity index (χ0) is 14.8. The van der Waals surface area contributed by atoms with Crippen LogP contribution in [0.15, 0.2) is 24.3 Å². The highest BCUT2D eigenvalue weighted by molar-refractivity contribution is 5.31. The van der Waals surface area contributed by atoms with Crippen LogP contribution in [0, 0.1) is 0 Å². The summed E-state index contributed by atoms with van der Waals surface area (Å²) >= 11 is 0. The summed E-state index contributed by atoms with van der Waals surface area (Å²) in [6, 6.07) is 7.84. The summed E-state index contributed by atoms with van der Waals surface area (Å²) < 4.78 is 5.72. The van der Waals surface area contributed by atoms with Gasteiger partial charge in [-0.15, -0.1) is 0 Å². The highest BCUT2D eigenvalue weighted by Crippen LogP contribution is 2.34. The highest BCUT2D eigenvalue weighted by Gasteiger charge is 2.36. The van der Waals surface area contributed by atoms with Crippen molar-refractivity contribution in [1.29, 1.82) is 0 Å². The Hall–Kier alpha value is -1.06. The molecule has 0 spiro atoms. The molecule has 20 heavy (non-hydrogen) atoms. The van der Waals surface area contributed by atoms with Gasteiger partial charge in [-0.1, -0.05) is 12.1 Å². The number of likely N-dealkylation sites (tertiary alicyclic amines) is 1. The lowest BCUT2D eigenvalue weighted by molar-refractivity contribution is 0.00117. The summed E-state index contributed by atoms with van der Waals surface area (Å²) in [7, 11) is 0. The Balaban J connectivity index is 2.17. The van der Waals surface area contributed by atoms with Gasteiger partial charge in [0, 0.05) is 5.54 Å². The molecule has 2 rings (SSSR count). The summed E-state index contributed by atoms with van der Waals surface area (Å²) in [5, 5.41) is 10.8. The van der Waals surface area contributed by atoms with Crippen LogP contribution in [-0.4, -0.2) is 34.7 Å². The molecule has 1 saturated heterocycles. The van der Waals surface area contributed by atoms with Gasteiger partial charge in [-0.2, -0.15) is 0 Å². The SMILES string of the molecule is CC(C)Oc1cccc(C(O)C(C)(C)N2CCCC2)c1. The second-order valence-electron chi connectivity index (χ2n) is 6.49. The number of nitrogens with zero attached hydrogens (tertiary/aromatic N) is 1. The van der Waals surface area contributed by atoms with Crippen LogP contribution in [0.1, 0.15) is 52.2 Å². The quantitative estimate of drug-likeness (QED) is 0.895. The molecule has 3 nitrogen and oxygen atoms in total. The number of aliphatic hydroxyl groups excluding tert-OH is 1. The van der Waals surface area contributed by atoms with Crippen molar-refractivity contribution >= 4 is 0 Å². The Morgan fingerprint density at radius 3 is 2.45 bits per heavy atom. The molecular weight excluding hydrogens is 250 g/mol. The molecule has 1 aromatic carbocycles. The minimum atomic E-state index is -0.503. The van der Waals surface area contributed by atoms with E-state index in [4.69, 9.17) is 4.74 Å². The normalized spacial score (nSPS) is 18.5. The van der Waals surface area contributed by atoms with Crippen molar-refractivity contribution in [3.8, 4) is 5.75 Å². The van der Waals surface area contributed by atoms with Crippen molar-refractivity contribution in [3.63, 3.8) is 0 Å². The molecule has 112 valence electrons. The fraction of sp³-hybridized carbons (Fsp3) is 0.647. The Morgan fingerprint density at radius 2 is 1.85 bits per heavy atom. The molecule has 1 fully saturated rings. The van der Waals surface area contributed by atoms with Gasteiger partial charge < -0.3 is 9.84 Å². The van der Waals surface area contributed by atoms with Crippen LogP contribution in [0.4, 0.5) is 0 Å². The third kappa shape index (κ3) is 3.33. The maximum atomic E-state index is 10.8. The lowest BCUT2D eigenvalue weighted by Gasteiger charge is -2.39. The first-order chi connectivity index (χ1) is 9.41. The average molecular weight is 277 g/mol. The van der Waals surface area contributed by atoms with E-state index in [0.29, 0.717) is 0 Å². The van der Waals surface area contributed by atoms with Gasteiger partial charge in [-0.3, -0.25) is 4.90 Å². The molecule has 0 bridgehead atoms. The summed E-state index contributed by atoms with van der Waals surface area (Å²) in [4.78, 5) is 2.38. The van der Waals surface area contributed by atoms with Gasteiger partial charge in [0.2, 0.25) is 0 Å². The molecule has 1 aliphatic rings. The lowest BCUT2D eigenvalue weighted by Crippen LogP contribution is -2.46. The summed E-state index contributed by atoms with van der Waals surface area (Å²) in [5.41, 5.74) is 0.688. The smallest absolute Gasteiger partial charge is 0.120 e. The molecule has 0 aromatic heterocycles. The van der Waals surface area contributed by atoms with E-state index in [9.17, 15) is 5.11 Å². The van der Waals surface area contributed by atoms with Gasteiger partial charge in [-0.25, -0.2) is 0 Å². The van der Waals surface area contributed by atoms with Crippen LogP contribution in [-0.2, 0) is 0 Å². The molecule has 0 saturated carbocycles. The Morgan fingerprint density at radius 1 is 1.20 bits per heavy atom. The third-order valence-corrected chi connectivity index (χ3v) is 4.14. The second kappa shape index (κ2) is 6.15. The number of ether oxygens (including phenoxy) is 1. The summed E-state index contributed by atoms with van der Waals surface area (Å²) in [5.74, 6) is 0.828. The molecule has 1 unspecified atom stereocenters. The summed E-state index contributed by atoms with van der Waals surface area (Å²) in [6.45, 7) is 10.4. The molecule has 0 radical (unpaired) electrons. The van der Waals surface area contributed by atoms with E-state index in [-0.39, 0.29) is 11.6 Å². The van der Waals surface area contributed by atoms with Crippen LogP contribution in [0.5, 0.6) is 5.75 Å². The minimum Gasteiger partial charge on any atom is -0.491 e. The average Bonchev–Trinajstić information content (AvgIpc) is 2.92. The third-order valence-electron chi connectivity index (χ3n) is 4.14. The molecule has 1 heterocycles. The van der Waals surface area contributed by atoms with E-state index in [1.807, 2.05) is 38.1 Å². The topological polar surface area (TPSA) is 32.7 Å². The van der Waals surface area contributed by atoms with E-state index in [1.165, 1.54) is 12.8 Å². The molecule has 3 heteroatoms. The fourth-order valence-electron chi connectivity index (χ4n) is 2.90. The Bertz CT molecular complexity index is 436. The monoisotopic (exact) mass is 277 g/mol. The first-order valence-electron chi connectivity index (χ1n) is 7.61. The molecule has 0 amide bonds. The van der Waals surface area contributed by atoms with Gasteiger partial charge in [0.25, 0.3) is 0 Å². The van der Waals surface area contributed by atoms with Gasteiger partial charge in [0.05, 0.1) is 12.2 Å². The van der Waals surface area contributed by atoms with Crippen molar-refractivity contribution in [2.24, 2.45) is 0 Å². The maximum absolute atomic E-state index is 10.8. The Labute approximate surface area is 122 Å². The van der Waals surface area contributed by atoms with Crippen molar-refractivity contribution in [2.45, 2.75) is 58.3 Å². The van der Waals surface area contributed by atoms with Gasteiger partial charge in [0.15, 0.2) is 0 Å². The lowest BCUT2D eigenvalue weighted by atomic mass is 9.89. The molecular formula is C17H27NO2. The van der Waals surface area contributed by atoms with Gasteiger partial charge in [0.1, 0.15) is 5.75 Å². The number of hydrogen-bond acceptors (Lipinski definition) is 3. The zero-order valence-corrected chi connectivity index (χ0v) is 13.1. The number of rotatable bonds is 5. The van der Waals surface area contributed by atoms with Gasteiger partial charge >= 0.3 is 0 Å². The summed E-state index contributed by atoms with van der Waals surface area (Å²) in [6.07, 6.45) is 2.10. The first kappa shape index (κ1) is 15.3. The number of benzene rings is 1. The van der Waals surface area contributed by atoms with E-state index in [0.717, 1.165) is 24.4 Å². The maximum Gasteiger partial charge on any atom is 0.120 e.